The minimum Gasteiger partial charge on any atom is -0.487 e. The molecule has 0 fully saturated rings. The molecule has 0 aliphatic rings. The molecule has 3 rings (SSSR count). The zero-order chi connectivity index (χ0) is 18.7. The predicted molar refractivity (Wildman–Crippen MR) is 96.8 cm³/mol. The third-order valence-corrected chi connectivity index (χ3v) is 3.46. The summed E-state index contributed by atoms with van der Waals surface area (Å²) in [4.78, 5) is 23.9. The topological polar surface area (TPSA) is 126 Å². The molecular weight excluding hydrogens is 334 g/mol. The lowest BCUT2D eigenvalue weighted by Crippen LogP contribution is -2.10. The molecule has 134 valence electrons. The summed E-state index contributed by atoms with van der Waals surface area (Å²) in [6.45, 7) is 4.02. The average Bonchev–Trinajstić information content (AvgIpc) is 2.60. The van der Waals surface area contributed by atoms with Gasteiger partial charge in [-0.3, -0.25) is 4.79 Å². The smallest absolute Gasteiger partial charge is 0.248 e. The highest BCUT2D eigenvalue weighted by Crippen LogP contribution is 2.23. The van der Waals surface area contributed by atoms with Crippen LogP contribution in [0.25, 0.3) is 11.0 Å². The van der Waals surface area contributed by atoms with Crippen molar-refractivity contribution in [2.45, 2.75) is 26.6 Å². The summed E-state index contributed by atoms with van der Waals surface area (Å²) in [5, 5.41) is 0. The molecule has 0 atom stereocenters. The first kappa shape index (κ1) is 17.4. The summed E-state index contributed by atoms with van der Waals surface area (Å²) in [5.41, 5.74) is 13.2. The number of nitrogens with zero attached hydrogens (tertiary/aromatic N) is 3. The number of carbonyl (C=O) groups is 1. The second-order valence-electron chi connectivity index (χ2n) is 5.90. The van der Waals surface area contributed by atoms with Gasteiger partial charge in [0.1, 0.15) is 12.4 Å². The molecule has 0 unspecified atom stereocenters. The number of ether oxygens (including phenoxy) is 2. The molecule has 0 spiro atoms. The van der Waals surface area contributed by atoms with E-state index in [2.05, 4.69) is 15.0 Å². The molecule has 4 N–H and O–H groups in total. The van der Waals surface area contributed by atoms with Crippen LogP contribution in [0.4, 0.5) is 5.95 Å². The number of hydrogen-bond donors (Lipinski definition) is 2. The Hall–Kier alpha value is -3.42. The van der Waals surface area contributed by atoms with E-state index in [9.17, 15) is 4.79 Å². The zero-order valence-corrected chi connectivity index (χ0v) is 14.5. The number of fused-ring (bicyclic) bond motifs is 1. The fourth-order valence-electron chi connectivity index (χ4n) is 2.30. The number of hydrogen-bond acceptors (Lipinski definition) is 7. The normalized spacial score (nSPS) is 10.9. The second-order valence-corrected chi connectivity index (χ2v) is 5.90. The molecule has 0 aliphatic heterocycles. The number of benzene rings is 1. The number of nitrogen functional groups attached to an aromatic ring is 1. The molecule has 0 radical (unpaired) electrons. The van der Waals surface area contributed by atoms with Gasteiger partial charge in [-0.1, -0.05) is 0 Å². The third-order valence-electron chi connectivity index (χ3n) is 3.46. The molecule has 8 nitrogen and oxygen atoms in total. The Balaban J connectivity index is 1.82. The van der Waals surface area contributed by atoms with Crippen molar-refractivity contribution >= 4 is 22.9 Å². The van der Waals surface area contributed by atoms with Crippen molar-refractivity contribution in [3.8, 4) is 11.6 Å². The molecule has 0 saturated heterocycles. The highest BCUT2D eigenvalue weighted by molar-refractivity contribution is 5.92. The van der Waals surface area contributed by atoms with Gasteiger partial charge in [-0.15, -0.1) is 0 Å². The standard InChI is InChI=1S/C18H19N5O3/c1-10(2)26-17-15-14(22-18(20)23-17)8-5-12(21-15)9-25-13-6-3-11(4-7-13)16(19)24/h3-8,10H,9H2,1-2H3,(H2,19,24)(H2,20,22,23). The van der Waals surface area contributed by atoms with Crippen LogP contribution in [0.3, 0.4) is 0 Å². The van der Waals surface area contributed by atoms with Crippen molar-refractivity contribution in [2.75, 3.05) is 5.73 Å². The molecule has 1 aromatic carbocycles. The minimum atomic E-state index is -0.482. The van der Waals surface area contributed by atoms with Crippen molar-refractivity contribution in [3.05, 3.63) is 47.7 Å². The highest BCUT2D eigenvalue weighted by Gasteiger charge is 2.12. The number of aromatic nitrogens is 3. The monoisotopic (exact) mass is 353 g/mol. The zero-order valence-electron chi connectivity index (χ0n) is 14.5. The highest BCUT2D eigenvalue weighted by atomic mass is 16.5. The summed E-state index contributed by atoms with van der Waals surface area (Å²) in [7, 11) is 0. The molecule has 2 heterocycles. The van der Waals surface area contributed by atoms with Gasteiger partial charge in [0.25, 0.3) is 0 Å². The van der Waals surface area contributed by atoms with Gasteiger partial charge in [0.15, 0.2) is 5.52 Å². The van der Waals surface area contributed by atoms with Crippen molar-refractivity contribution in [1.82, 2.24) is 15.0 Å². The summed E-state index contributed by atoms with van der Waals surface area (Å²) in [6.07, 6.45) is -0.0713. The summed E-state index contributed by atoms with van der Waals surface area (Å²) >= 11 is 0. The second kappa shape index (κ2) is 7.22. The number of nitrogens with two attached hydrogens (primary N) is 2. The molecule has 0 bridgehead atoms. The van der Waals surface area contributed by atoms with Crippen LogP contribution in [-0.4, -0.2) is 27.0 Å². The Bertz CT molecular complexity index is 941. The van der Waals surface area contributed by atoms with Crippen LogP contribution in [0.15, 0.2) is 36.4 Å². The largest absolute Gasteiger partial charge is 0.487 e. The summed E-state index contributed by atoms with van der Waals surface area (Å²) in [5.74, 6) is 0.595. The lowest BCUT2D eigenvalue weighted by atomic mass is 10.2. The van der Waals surface area contributed by atoms with E-state index in [0.29, 0.717) is 33.9 Å². The van der Waals surface area contributed by atoms with E-state index in [0.717, 1.165) is 0 Å². The van der Waals surface area contributed by atoms with Crippen LogP contribution in [0.1, 0.15) is 29.9 Å². The Morgan fingerprint density at radius 2 is 1.81 bits per heavy atom. The number of amides is 1. The number of primary amides is 1. The van der Waals surface area contributed by atoms with E-state index in [1.165, 1.54) is 0 Å². The Morgan fingerprint density at radius 1 is 1.08 bits per heavy atom. The van der Waals surface area contributed by atoms with Crippen LogP contribution in [0.2, 0.25) is 0 Å². The van der Waals surface area contributed by atoms with Gasteiger partial charge in [0, 0.05) is 5.56 Å². The van der Waals surface area contributed by atoms with Gasteiger partial charge in [-0.25, -0.2) is 9.97 Å². The maximum absolute atomic E-state index is 11.1. The third kappa shape index (κ3) is 3.97. The molecule has 8 heteroatoms. The lowest BCUT2D eigenvalue weighted by molar-refractivity contribution is 0.1000. The fraction of sp³-hybridized carbons (Fsp3) is 0.222. The van der Waals surface area contributed by atoms with E-state index < -0.39 is 5.91 Å². The SMILES string of the molecule is CC(C)Oc1nc(N)nc2ccc(COc3ccc(C(N)=O)cc3)nc12. The molecular formula is C18H19N5O3. The predicted octanol–water partition coefficient (Wildman–Crippen LogP) is 2.07. The summed E-state index contributed by atoms with van der Waals surface area (Å²) in [6, 6.07) is 10.2. The first-order valence-electron chi connectivity index (χ1n) is 8.05. The summed E-state index contributed by atoms with van der Waals surface area (Å²) < 4.78 is 11.4. The van der Waals surface area contributed by atoms with Gasteiger partial charge in [-0.05, 0) is 50.2 Å². The van der Waals surface area contributed by atoms with Crippen molar-refractivity contribution < 1.29 is 14.3 Å². The molecule has 0 saturated carbocycles. The Kier molecular flexibility index (Phi) is 4.83. The number of anilines is 1. The van der Waals surface area contributed by atoms with Gasteiger partial charge in [-0.2, -0.15) is 4.98 Å². The van der Waals surface area contributed by atoms with Crippen LogP contribution < -0.4 is 20.9 Å². The van der Waals surface area contributed by atoms with Crippen LogP contribution in [0, 0.1) is 0 Å². The van der Waals surface area contributed by atoms with Crippen molar-refractivity contribution in [3.63, 3.8) is 0 Å². The van der Waals surface area contributed by atoms with Crippen LogP contribution in [-0.2, 0) is 6.61 Å². The molecule has 26 heavy (non-hydrogen) atoms. The minimum absolute atomic E-state index is 0.0713. The van der Waals surface area contributed by atoms with Gasteiger partial charge < -0.3 is 20.9 Å². The van der Waals surface area contributed by atoms with E-state index in [-0.39, 0.29) is 18.7 Å². The van der Waals surface area contributed by atoms with Gasteiger partial charge >= 0.3 is 0 Å². The Morgan fingerprint density at radius 3 is 2.46 bits per heavy atom. The number of pyridine rings is 1. The van der Waals surface area contributed by atoms with E-state index >= 15 is 0 Å². The first-order valence-corrected chi connectivity index (χ1v) is 8.05. The van der Waals surface area contributed by atoms with Gasteiger partial charge in [0.05, 0.1) is 17.3 Å². The number of rotatable bonds is 6. The fourth-order valence-corrected chi connectivity index (χ4v) is 2.30. The average molecular weight is 353 g/mol. The maximum Gasteiger partial charge on any atom is 0.248 e. The molecule has 3 aromatic rings. The van der Waals surface area contributed by atoms with Crippen LogP contribution >= 0.6 is 0 Å². The Labute approximate surface area is 150 Å². The van der Waals surface area contributed by atoms with E-state index in [1.807, 2.05) is 13.8 Å². The van der Waals surface area contributed by atoms with Crippen molar-refractivity contribution in [2.24, 2.45) is 5.73 Å². The van der Waals surface area contributed by atoms with Gasteiger partial charge in [0.2, 0.25) is 17.7 Å². The first-order chi connectivity index (χ1) is 12.4. The molecule has 1 amide bonds. The van der Waals surface area contributed by atoms with Crippen LogP contribution in [0.5, 0.6) is 11.6 Å². The molecule has 0 aliphatic carbocycles. The van der Waals surface area contributed by atoms with E-state index in [4.69, 9.17) is 20.9 Å². The molecule has 2 aromatic heterocycles. The maximum atomic E-state index is 11.1. The van der Waals surface area contributed by atoms with E-state index in [1.54, 1.807) is 36.4 Å². The number of carbonyl (C=O) groups excluding carboxylic acids is 1. The quantitative estimate of drug-likeness (QED) is 0.694. The lowest BCUT2D eigenvalue weighted by Gasteiger charge is -2.12. The van der Waals surface area contributed by atoms with Crippen molar-refractivity contribution in [1.29, 1.82) is 0 Å².